The molecule has 0 amide bonds. The van der Waals surface area contributed by atoms with E-state index >= 15 is 0 Å². The Morgan fingerprint density at radius 2 is 2.10 bits per heavy atom. The fraction of sp³-hybridized carbons (Fsp3) is 0.556. The maximum Gasteiger partial charge on any atom is 0.000313 e. The smallest absolute Gasteiger partial charge is 0.000313 e. The molecule has 0 radical (unpaired) electrons. The average molecular weight is 154 g/mol. The van der Waals surface area contributed by atoms with Gasteiger partial charge in [0.25, 0.3) is 0 Å². The minimum atomic E-state index is 0.323. The van der Waals surface area contributed by atoms with Crippen molar-refractivity contribution in [3.63, 3.8) is 0 Å². The first-order chi connectivity index (χ1) is 4.52. The summed E-state index contributed by atoms with van der Waals surface area (Å²) in [5.74, 6) is 0. The Kier molecular flexibility index (Phi) is 2.01. The van der Waals surface area contributed by atoms with Crippen molar-refractivity contribution in [2.24, 2.45) is 5.41 Å². The molecular formula is C9H15P. The van der Waals surface area contributed by atoms with Crippen LogP contribution in [0.1, 0.15) is 20.8 Å². The van der Waals surface area contributed by atoms with E-state index in [0.717, 1.165) is 0 Å². The molecule has 1 aliphatic carbocycles. The van der Waals surface area contributed by atoms with Gasteiger partial charge in [-0.2, -0.15) is 0 Å². The predicted molar refractivity (Wildman–Crippen MR) is 50.2 cm³/mol. The molecular weight excluding hydrogens is 139 g/mol. The van der Waals surface area contributed by atoms with Gasteiger partial charge in [-0.1, -0.05) is 37.6 Å². The van der Waals surface area contributed by atoms with Crippen LogP contribution in [0.15, 0.2) is 23.8 Å². The average Bonchev–Trinajstić information content (AvgIpc) is 1.78. The molecule has 10 heavy (non-hydrogen) atoms. The third kappa shape index (κ3) is 1.49. The van der Waals surface area contributed by atoms with E-state index in [2.05, 4.69) is 48.2 Å². The van der Waals surface area contributed by atoms with Crippen LogP contribution in [0, 0.1) is 5.41 Å². The SMILES string of the molecule is CC1=CC(C)(C)C(P)C=C1. The zero-order valence-corrected chi connectivity index (χ0v) is 8.04. The third-order valence-corrected chi connectivity index (χ3v) is 3.11. The van der Waals surface area contributed by atoms with E-state index in [-0.39, 0.29) is 0 Å². The summed E-state index contributed by atoms with van der Waals surface area (Å²) in [5.41, 5.74) is 2.30. The molecule has 56 valence electrons. The quantitative estimate of drug-likeness (QED) is 0.470. The van der Waals surface area contributed by atoms with Crippen LogP contribution in [-0.4, -0.2) is 5.66 Å². The lowest BCUT2D eigenvalue weighted by Crippen LogP contribution is -2.22. The van der Waals surface area contributed by atoms with Gasteiger partial charge in [0.05, 0.1) is 0 Å². The van der Waals surface area contributed by atoms with Crippen LogP contribution in [0.5, 0.6) is 0 Å². The Bertz CT molecular complexity index is 187. The number of allylic oxidation sites excluding steroid dienone is 4. The summed E-state index contributed by atoms with van der Waals surface area (Å²) in [4.78, 5) is 0. The predicted octanol–water partition coefficient (Wildman–Crippen LogP) is 2.77. The zero-order chi connectivity index (χ0) is 7.78. The maximum atomic E-state index is 2.86. The van der Waals surface area contributed by atoms with Crippen molar-refractivity contribution < 1.29 is 0 Å². The van der Waals surface area contributed by atoms with E-state index in [1.54, 1.807) is 0 Å². The maximum absolute atomic E-state index is 2.86. The highest BCUT2D eigenvalue weighted by Gasteiger charge is 2.23. The number of rotatable bonds is 0. The van der Waals surface area contributed by atoms with Gasteiger partial charge in [0, 0.05) is 5.66 Å². The molecule has 1 rings (SSSR count). The highest BCUT2D eigenvalue weighted by molar-refractivity contribution is 7.18. The summed E-state index contributed by atoms with van der Waals surface area (Å²) in [7, 11) is 2.86. The van der Waals surface area contributed by atoms with Crippen LogP contribution >= 0.6 is 9.24 Å². The van der Waals surface area contributed by atoms with Gasteiger partial charge in [0.1, 0.15) is 0 Å². The van der Waals surface area contributed by atoms with E-state index < -0.39 is 0 Å². The highest BCUT2D eigenvalue weighted by atomic mass is 31.0. The minimum absolute atomic E-state index is 0.323. The third-order valence-electron chi connectivity index (χ3n) is 2.03. The van der Waals surface area contributed by atoms with Gasteiger partial charge >= 0.3 is 0 Å². The van der Waals surface area contributed by atoms with Gasteiger partial charge in [0.2, 0.25) is 0 Å². The fourth-order valence-corrected chi connectivity index (χ4v) is 1.44. The molecule has 0 N–H and O–H groups in total. The lowest BCUT2D eigenvalue weighted by atomic mass is 9.83. The van der Waals surface area contributed by atoms with Crippen LogP contribution < -0.4 is 0 Å². The van der Waals surface area contributed by atoms with Gasteiger partial charge in [-0.05, 0) is 12.3 Å². The van der Waals surface area contributed by atoms with Crippen LogP contribution in [0.4, 0.5) is 0 Å². The molecule has 0 aromatic rings. The first-order valence-electron chi connectivity index (χ1n) is 3.65. The second kappa shape index (κ2) is 2.51. The van der Waals surface area contributed by atoms with Crippen molar-refractivity contribution in [2.45, 2.75) is 26.4 Å². The van der Waals surface area contributed by atoms with E-state index in [9.17, 15) is 0 Å². The fourth-order valence-electron chi connectivity index (χ4n) is 1.23. The first kappa shape index (κ1) is 8.01. The lowest BCUT2D eigenvalue weighted by molar-refractivity contribution is 0.493. The normalized spacial score (nSPS) is 30.0. The Morgan fingerprint density at radius 1 is 1.50 bits per heavy atom. The van der Waals surface area contributed by atoms with Crippen molar-refractivity contribution in [2.75, 3.05) is 0 Å². The molecule has 0 aromatic heterocycles. The molecule has 0 aromatic carbocycles. The Balaban J connectivity index is 2.88. The summed E-state index contributed by atoms with van der Waals surface area (Å²) in [6.07, 6.45) is 6.76. The van der Waals surface area contributed by atoms with Crippen molar-refractivity contribution in [3.8, 4) is 0 Å². The molecule has 0 heterocycles. The minimum Gasteiger partial charge on any atom is -0.129 e. The van der Waals surface area contributed by atoms with Gasteiger partial charge in [-0.25, -0.2) is 0 Å². The Morgan fingerprint density at radius 3 is 2.50 bits per heavy atom. The van der Waals surface area contributed by atoms with Gasteiger partial charge in [0.15, 0.2) is 0 Å². The number of hydrogen-bond acceptors (Lipinski definition) is 0. The molecule has 0 aliphatic heterocycles. The van der Waals surface area contributed by atoms with Crippen LogP contribution in [-0.2, 0) is 0 Å². The molecule has 0 saturated carbocycles. The van der Waals surface area contributed by atoms with E-state index in [4.69, 9.17) is 0 Å². The number of hydrogen-bond donors (Lipinski definition) is 0. The molecule has 0 spiro atoms. The second-order valence-corrected chi connectivity index (χ2v) is 4.31. The van der Waals surface area contributed by atoms with Crippen LogP contribution in [0.2, 0.25) is 0 Å². The summed E-state index contributed by atoms with van der Waals surface area (Å²) >= 11 is 0. The van der Waals surface area contributed by atoms with E-state index in [1.807, 2.05) is 0 Å². The van der Waals surface area contributed by atoms with Crippen LogP contribution in [0.25, 0.3) is 0 Å². The molecule has 1 aliphatic rings. The van der Waals surface area contributed by atoms with Crippen molar-refractivity contribution in [1.82, 2.24) is 0 Å². The van der Waals surface area contributed by atoms with Crippen LogP contribution in [0.3, 0.4) is 0 Å². The van der Waals surface area contributed by atoms with Gasteiger partial charge in [-0.15, -0.1) is 9.24 Å². The molecule has 0 bridgehead atoms. The zero-order valence-electron chi connectivity index (χ0n) is 6.89. The second-order valence-electron chi connectivity index (χ2n) is 3.59. The summed E-state index contributed by atoms with van der Waals surface area (Å²) in [6, 6.07) is 0. The summed E-state index contributed by atoms with van der Waals surface area (Å²) in [5, 5.41) is 0. The van der Waals surface area contributed by atoms with Gasteiger partial charge in [-0.3, -0.25) is 0 Å². The van der Waals surface area contributed by atoms with E-state index in [1.165, 1.54) is 5.57 Å². The first-order valence-corrected chi connectivity index (χ1v) is 4.32. The molecule has 1 heteroatoms. The Labute approximate surface area is 65.6 Å². The summed E-state index contributed by atoms with van der Waals surface area (Å²) < 4.78 is 0. The summed E-state index contributed by atoms with van der Waals surface area (Å²) in [6.45, 7) is 6.67. The standard InChI is InChI=1S/C9H15P/c1-7-4-5-8(10)9(2,3)6-7/h4-6,8H,10H2,1-3H3. The molecule has 0 saturated heterocycles. The molecule has 0 nitrogen and oxygen atoms in total. The Hall–Kier alpha value is -0.0900. The van der Waals surface area contributed by atoms with Crippen molar-refractivity contribution in [3.05, 3.63) is 23.8 Å². The monoisotopic (exact) mass is 154 g/mol. The molecule has 2 unspecified atom stereocenters. The largest absolute Gasteiger partial charge is 0.129 e. The van der Waals surface area contributed by atoms with Crippen molar-refractivity contribution in [1.29, 1.82) is 0 Å². The lowest BCUT2D eigenvalue weighted by Gasteiger charge is -2.29. The molecule has 2 atom stereocenters. The molecule has 0 fully saturated rings. The van der Waals surface area contributed by atoms with Gasteiger partial charge < -0.3 is 0 Å². The van der Waals surface area contributed by atoms with Crippen molar-refractivity contribution >= 4 is 9.24 Å². The topological polar surface area (TPSA) is 0 Å². The van der Waals surface area contributed by atoms with E-state index in [0.29, 0.717) is 11.1 Å². The highest BCUT2D eigenvalue weighted by Crippen LogP contribution is 2.34.